The summed E-state index contributed by atoms with van der Waals surface area (Å²) < 4.78 is 11.0. The number of aryl methyl sites for hydroxylation is 3. The van der Waals surface area contributed by atoms with Gasteiger partial charge in [0.05, 0.1) is 0 Å². The van der Waals surface area contributed by atoms with Crippen LogP contribution in [0.15, 0.2) is 46.9 Å². The molecule has 0 unspecified atom stereocenters. The van der Waals surface area contributed by atoms with Gasteiger partial charge in [0.25, 0.3) is 5.91 Å². The van der Waals surface area contributed by atoms with E-state index in [4.69, 9.17) is 9.15 Å². The molecule has 1 N–H and O–H groups in total. The molecular weight excluding hydrogens is 318 g/mol. The summed E-state index contributed by atoms with van der Waals surface area (Å²) in [5.74, 6) is 0.635. The van der Waals surface area contributed by atoms with Crippen LogP contribution in [0.25, 0.3) is 11.5 Å². The summed E-state index contributed by atoms with van der Waals surface area (Å²) >= 11 is 0. The fourth-order valence-corrected chi connectivity index (χ4v) is 2.50. The van der Waals surface area contributed by atoms with Crippen LogP contribution in [0.2, 0.25) is 0 Å². The number of carbonyl (C=O) groups excluding carboxylic acids is 1. The van der Waals surface area contributed by atoms with Crippen LogP contribution < -0.4 is 10.1 Å². The van der Waals surface area contributed by atoms with E-state index in [1.165, 1.54) is 0 Å². The smallest absolute Gasteiger partial charge is 0.322 e. The van der Waals surface area contributed by atoms with Crippen LogP contribution in [0.4, 0.5) is 6.01 Å². The van der Waals surface area contributed by atoms with Crippen molar-refractivity contribution in [3.63, 3.8) is 0 Å². The monoisotopic (exact) mass is 337 g/mol. The molecule has 6 nitrogen and oxygen atoms in total. The Morgan fingerprint density at radius 1 is 1.04 bits per heavy atom. The highest BCUT2D eigenvalue weighted by atomic mass is 16.5. The minimum atomic E-state index is -0.364. The molecule has 0 spiro atoms. The van der Waals surface area contributed by atoms with Gasteiger partial charge in [-0.3, -0.25) is 10.1 Å². The predicted molar refractivity (Wildman–Crippen MR) is 94.5 cm³/mol. The minimum Gasteiger partial charge on any atom is -0.484 e. The van der Waals surface area contributed by atoms with E-state index in [-0.39, 0.29) is 18.5 Å². The van der Waals surface area contributed by atoms with Crippen molar-refractivity contribution in [3.8, 4) is 17.2 Å². The number of hydrogen-bond acceptors (Lipinski definition) is 5. The first kappa shape index (κ1) is 16.7. The molecule has 3 rings (SSSR count). The van der Waals surface area contributed by atoms with Gasteiger partial charge < -0.3 is 9.15 Å². The highest BCUT2D eigenvalue weighted by molar-refractivity contribution is 5.89. The lowest BCUT2D eigenvalue weighted by molar-refractivity contribution is -0.118. The zero-order valence-electron chi connectivity index (χ0n) is 14.4. The number of amides is 1. The third-order valence-electron chi connectivity index (χ3n) is 3.50. The van der Waals surface area contributed by atoms with E-state index in [0.717, 1.165) is 22.3 Å². The summed E-state index contributed by atoms with van der Waals surface area (Å²) in [6, 6.07) is 13.5. The Labute approximate surface area is 145 Å². The van der Waals surface area contributed by atoms with Crippen LogP contribution in [-0.2, 0) is 4.79 Å². The first-order chi connectivity index (χ1) is 12.0. The van der Waals surface area contributed by atoms with E-state index in [1.54, 1.807) is 6.07 Å². The summed E-state index contributed by atoms with van der Waals surface area (Å²) in [5.41, 5.74) is 4.09. The summed E-state index contributed by atoms with van der Waals surface area (Å²) in [6.07, 6.45) is 0. The number of nitrogens with zero attached hydrogens (tertiary/aromatic N) is 2. The molecule has 0 saturated heterocycles. The number of anilines is 1. The zero-order valence-corrected chi connectivity index (χ0v) is 14.4. The van der Waals surface area contributed by atoms with Crippen molar-refractivity contribution in [1.82, 2.24) is 10.2 Å². The van der Waals surface area contributed by atoms with Crippen molar-refractivity contribution in [2.75, 3.05) is 11.9 Å². The molecule has 128 valence electrons. The molecule has 0 bridgehead atoms. The summed E-state index contributed by atoms with van der Waals surface area (Å²) in [4.78, 5) is 12.0. The third-order valence-corrected chi connectivity index (χ3v) is 3.50. The highest BCUT2D eigenvalue weighted by Gasteiger charge is 2.12. The Morgan fingerprint density at radius 3 is 2.52 bits per heavy atom. The first-order valence-electron chi connectivity index (χ1n) is 7.91. The molecule has 1 amide bonds. The quantitative estimate of drug-likeness (QED) is 0.768. The summed E-state index contributed by atoms with van der Waals surface area (Å²) in [6.45, 7) is 5.82. The molecular formula is C19H19N3O3. The van der Waals surface area contributed by atoms with E-state index >= 15 is 0 Å². The number of rotatable bonds is 5. The Hall–Kier alpha value is -3.15. The van der Waals surface area contributed by atoms with Gasteiger partial charge in [-0.25, -0.2) is 0 Å². The van der Waals surface area contributed by atoms with Gasteiger partial charge in [0, 0.05) is 5.56 Å². The van der Waals surface area contributed by atoms with Gasteiger partial charge in [-0.1, -0.05) is 34.4 Å². The molecule has 1 aromatic heterocycles. The molecule has 2 aromatic carbocycles. The molecule has 6 heteroatoms. The number of nitrogens with one attached hydrogen (secondary N) is 1. The summed E-state index contributed by atoms with van der Waals surface area (Å²) in [7, 11) is 0. The topological polar surface area (TPSA) is 77.2 Å². The van der Waals surface area contributed by atoms with Crippen LogP contribution in [-0.4, -0.2) is 22.7 Å². The first-order valence-corrected chi connectivity index (χ1v) is 7.91. The molecule has 0 aliphatic heterocycles. The number of benzene rings is 2. The maximum Gasteiger partial charge on any atom is 0.322 e. The number of aromatic nitrogens is 2. The second kappa shape index (κ2) is 7.17. The van der Waals surface area contributed by atoms with Crippen molar-refractivity contribution < 1.29 is 13.9 Å². The van der Waals surface area contributed by atoms with Gasteiger partial charge in [-0.05, 0) is 50.6 Å². The molecule has 0 aliphatic carbocycles. The third kappa shape index (κ3) is 4.44. The molecule has 0 saturated carbocycles. The Bertz CT molecular complexity index is 882. The summed E-state index contributed by atoms with van der Waals surface area (Å²) in [5, 5.41) is 10.4. The van der Waals surface area contributed by atoms with E-state index in [9.17, 15) is 4.79 Å². The lowest BCUT2D eigenvalue weighted by Gasteiger charge is -2.05. The van der Waals surface area contributed by atoms with Crippen LogP contribution in [0.3, 0.4) is 0 Å². The fraction of sp³-hybridized carbons (Fsp3) is 0.211. The Morgan fingerprint density at radius 2 is 1.80 bits per heavy atom. The van der Waals surface area contributed by atoms with E-state index in [2.05, 4.69) is 21.6 Å². The van der Waals surface area contributed by atoms with E-state index in [0.29, 0.717) is 11.6 Å². The lowest BCUT2D eigenvalue weighted by atomic mass is 10.1. The molecule has 0 fully saturated rings. The van der Waals surface area contributed by atoms with Crippen molar-refractivity contribution in [2.45, 2.75) is 20.8 Å². The number of carbonyl (C=O) groups is 1. The van der Waals surface area contributed by atoms with Gasteiger partial charge in [0.1, 0.15) is 5.75 Å². The van der Waals surface area contributed by atoms with E-state index < -0.39 is 0 Å². The van der Waals surface area contributed by atoms with Gasteiger partial charge in [-0.2, -0.15) is 0 Å². The fourth-order valence-electron chi connectivity index (χ4n) is 2.50. The van der Waals surface area contributed by atoms with Crippen LogP contribution in [0.5, 0.6) is 5.75 Å². The molecule has 25 heavy (non-hydrogen) atoms. The molecule has 3 aromatic rings. The largest absolute Gasteiger partial charge is 0.484 e. The Balaban J connectivity index is 1.62. The molecule has 0 atom stereocenters. The lowest BCUT2D eigenvalue weighted by Crippen LogP contribution is -2.20. The van der Waals surface area contributed by atoms with Crippen LogP contribution in [0, 0.1) is 20.8 Å². The van der Waals surface area contributed by atoms with Crippen molar-refractivity contribution in [1.29, 1.82) is 0 Å². The average molecular weight is 337 g/mol. The highest BCUT2D eigenvalue weighted by Crippen LogP contribution is 2.22. The van der Waals surface area contributed by atoms with Crippen molar-refractivity contribution in [3.05, 3.63) is 59.2 Å². The van der Waals surface area contributed by atoms with Gasteiger partial charge in [0.2, 0.25) is 5.89 Å². The predicted octanol–water partition coefficient (Wildman–Crippen LogP) is 3.68. The van der Waals surface area contributed by atoms with E-state index in [1.807, 2.05) is 51.1 Å². The maximum absolute atomic E-state index is 12.0. The van der Waals surface area contributed by atoms with Gasteiger partial charge in [0.15, 0.2) is 6.61 Å². The normalized spacial score (nSPS) is 10.5. The van der Waals surface area contributed by atoms with Crippen LogP contribution in [0.1, 0.15) is 16.7 Å². The second-order valence-electron chi connectivity index (χ2n) is 5.94. The minimum absolute atomic E-state index is 0.0481. The second-order valence-corrected chi connectivity index (χ2v) is 5.94. The van der Waals surface area contributed by atoms with Gasteiger partial charge in [-0.15, -0.1) is 5.10 Å². The zero-order chi connectivity index (χ0) is 17.8. The maximum atomic E-state index is 12.0. The van der Waals surface area contributed by atoms with Crippen molar-refractivity contribution >= 4 is 11.9 Å². The standard InChI is InChI=1S/C19H19N3O3/c1-12-5-4-6-16(10-12)24-11-17(23)20-19-22-21-18(25-19)15-8-13(2)7-14(3)9-15/h4-10H,11H2,1-3H3,(H,20,22,23). The Kier molecular flexibility index (Phi) is 4.79. The SMILES string of the molecule is Cc1cccc(OCC(=O)Nc2nnc(-c3cc(C)cc(C)c3)o2)c1. The number of hydrogen-bond donors (Lipinski definition) is 1. The van der Waals surface area contributed by atoms with Crippen LogP contribution >= 0.6 is 0 Å². The van der Waals surface area contributed by atoms with Gasteiger partial charge >= 0.3 is 6.01 Å². The average Bonchev–Trinajstić information content (AvgIpc) is 3.01. The van der Waals surface area contributed by atoms with Crippen molar-refractivity contribution in [2.24, 2.45) is 0 Å². The molecule has 0 radical (unpaired) electrons. The molecule has 0 aliphatic rings. The number of ether oxygens (including phenoxy) is 1. The molecule has 1 heterocycles.